The smallest absolute Gasteiger partial charge is 0.236 e. The minimum absolute atomic E-state index is 0.0854. The van der Waals surface area contributed by atoms with Crippen LogP contribution < -0.4 is 14.8 Å². The van der Waals surface area contributed by atoms with Crippen LogP contribution in [-0.4, -0.2) is 37.7 Å². The first-order valence-corrected chi connectivity index (χ1v) is 6.04. The van der Waals surface area contributed by atoms with E-state index in [9.17, 15) is 4.79 Å². The van der Waals surface area contributed by atoms with Crippen LogP contribution in [0.25, 0.3) is 0 Å². The van der Waals surface area contributed by atoms with E-state index < -0.39 is 0 Å². The van der Waals surface area contributed by atoms with Crippen molar-refractivity contribution in [1.29, 1.82) is 0 Å². The highest BCUT2D eigenvalue weighted by Gasteiger charge is 2.16. The van der Waals surface area contributed by atoms with Crippen LogP contribution in [0.4, 0.5) is 0 Å². The van der Waals surface area contributed by atoms with Crippen molar-refractivity contribution in [3.8, 4) is 11.5 Å². The maximum Gasteiger partial charge on any atom is 0.236 e. The van der Waals surface area contributed by atoms with Crippen LogP contribution in [0.15, 0.2) is 18.2 Å². The number of fused-ring (bicyclic) bond motifs is 1. The third kappa shape index (κ3) is 2.73. The number of nitrogens with one attached hydrogen (secondary N) is 1. The molecular weight excluding hydrogens is 232 g/mol. The summed E-state index contributed by atoms with van der Waals surface area (Å²) in [6.45, 7) is 3.86. The molecule has 0 saturated carbocycles. The Hall–Kier alpha value is -1.75. The summed E-state index contributed by atoms with van der Waals surface area (Å²) in [6, 6.07) is 5.76. The molecule has 0 atom stereocenters. The second-order valence-corrected chi connectivity index (χ2v) is 4.16. The third-order valence-corrected chi connectivity index (χ3v) is 2.97. The average Bonchev–Trinajstić information content (AvgIpc) is 2.86. The number of carbonyl (C=O) groups excluding carboxylic acids is 1. The Balaban J connectivity index is 1.88. The molecule has 5 nitrogen and oxygen atoms in total. The van der Waals surface area contributed by atoms with E-state index in [1.54, 1.807) is 11.9 Å². The van der Waals surface area contributed by atoms with E-state index in [1.165, 1.54) is 0 Å². The molecule has 18 heavy (non-hydrogen) atoms. The predicted molar refractivity (Wildman–Crippen MR) is 67.6 cm³/mol. The number of hydrogen-bond donors (Lipinski definition) is 1. The summed E-state index contributed by atoms with van der Waals surface area (Å²) in [6.07, 6.45) is 0. The quantitative estimate of drug-likeness (QED) is 0.846. The van der Waals surface area contributed by atoms with Gasteiger partial charge in [-0.2, -0.15) is 0 Å². The molecule has 0 aromatic heterocycles. The molecule has 0 radical (unpaired) electrons. The second kappa shape index (κ2) is 5.73. The van der Waals surface area contributed by atoms with Crippen molar-refractivity contribution >= 4 is 5.91 Å². The first-order valence-electron chi connectivity index (χ1n) is 6.04. The van der Waals surface area contributed by atoms with E-state index in [1.807, 2.05) is 25.1 Å². The molecular formula is C13H18N2O3. The number of carbonyl (C=O) groups is 1. The molecule has 0 saturated heterocycles. The molecule has 1 aromatic rings. The fourth-order valence-electron chi connectivity index (χ4n) is 1.75. The Bertz CT molecular complexity index is 434. The zero-order valence-corrected chi connectivity index (χ0v) is 10.7. The highest BCUT2D eigenvalue weighted by molar-refractivity contribution is 5.77. The predicted octanol–water partition coefficient (Wildman–Crippen LogP) is 0.983. The molecule has 1 aliphatic heterocycles. The Morgan fingerprint density at radius 3 is 3.06 bits per heavy atom. The van der Waals surface area contributed by atoms with Crippen LogP contribution in [-0.2, 0) is 11.3 Å². The lowest BCUT2D eigenvalue weighted by Crippen LogP contribution is -2.35. The normalized spacial score (nSPS) is 12.6. The van der Waals surface area contributed by atoms with Crippen LogP contribution in [0.3, 0.4) is 0 Å². The Morgan fingerprint density at radius 2 is 2.28 bits per heavy atom. The fraction of sp³-hybridized carbons (Fsp3) is 0.462. The van der Waals surface area contributed by atoms with Gasteiger partial charge in [-0.3, -0.25) is 4.79 Å². The van der Waals surface area contributed by atoms with Crippen LogP contribution in [0.2, 0.25) is 0 Å². The fourth-order valence-corrected chi connectivity index (χ4v) is 1.75. The molecule has 0 fully saturated rings. The summed E-state index contributed by atoms with van der Waals surface area (Å²) < 4.78 is 10.7. The van der Waals surface area contributed by atoms with E-state index >= 15 is 0 Å². The van der Waals surface area contributed by atoms with Gasteiger partial charge < -0.3 is 19.7 Å². The minimum atomic E-state index is 0.0854. The maximum absolute atomic E-state index is 11.6. The van der Waals surface area contributed by atoms with Gasteiger partial charge in [0.1, 0.15) is 0 Å². The Labute approximate surface area is 107 Å². The summed E-state index contributed by atoms with van der Waals surface area (Å²) in [5.74, 6) is 1.63. The highest BCUT2D eigenvalue weighted by Crippen LogP contribution is 2.35. The van der Waals surface area contributed by atoms with Crippen LogP contribution in [0.5, 0.6) is 11.5 Å². The molecule has 0 unspecified atom stereocenters. The van der Waals surface area contributed by atoms with Crippen LogP contribution in [0.1, 0.15) is 12.5 Å². The topological polar surface area (TPSA) is 50.8 Å². The SMILES string of the molecule is CCN(C)C(=O)CNCc1cccc2c1OCO2. The maximum atomic E-state index is 11.6. The highest BCUT2D eigenvalue weighted by atomic mass is 16.7. The zero-order valence-electron chi connectivity index (χ0n) is 10.7. The van der Waals surface area contributed by atoms with Crippen molar-refractivity contribution in [3.05, 3.63) is 23.8 Å². The number of nitrogens with zero attached hydrogens (tertiary/aromatic N) is 1. The van der Waals surface area contributed by atoms with Gasteiger partial charge >= 0.3 is 0 Å². The number of likely N-dealkylation sites (N-methyl/N-ethyl adjacent to an activating group) is 1. The van der Waals surface area contributed by atoms with Crippen molar-refractivity contribution < 1.29 is 14.3 Å². The summed E-state index contributed by atoms with van der Waals surface area (Å²) in [5, 5.41) is 3.12. The molecule has 1 N–H and O–H groups in total. The number of rotatable bonds is 5. The summed E-state index contributed by atoms with van der Waals surface area (Å²) in [4.78, 5) is 13.3. The van der Waals surface area contributed by atoms with E-state index in [-0.39, 0.29) is 12.7 Å². The molecule has 0 bridgehead atoms. The molecule has 1 heterocycles. The van der Waals surface area contributed by atoms with Gasteiger partial charge in [0.2, 0.25) is 12.7 Å². The lowest BCUT2D eigenvalue weighted by molar-refractivity contribution is -0.128. The van der Waals surface area contributed by atoms with Crippen molar-refractivity contribution in [2.45, 2.75) is 13.5 Å². The van der Waals surface area contributed by atoms with Crippen molar-refractivity contribution in [2.75, 3.05) is 26.9 Å². The standard InChI is InChI=1S/C13H18N2O3/c1-3-15(2)12(16)8-14-7-10-5-4-6-11-13(10)18-9-17-11/h4-6,14H,3,7-9H2,1-2H3. The Kier molecular flexibility index (Phi) is 4.04. The molecule has 0 aliphatic carbocycles. The number of amides is 1. The number of hydrogen-bond acceptors (Lipinski definition) is 4. The van der Waals surface area contributed by atoms with Gasteiger partial charge in [-0.05, 0) is 13.0 Å². The lowest BCUT2D eigenvalue weighted by Gasteiger charge is -2.15. The molecule has 2 rings (SSSR count). The summed E-state index contributed by atoms with van der Waals surface area (Å²) >= 11 is 0. The van der Waals surface area contributed by atoms with Gasteiger partial charge in [0.15, 0.2) is 11.5 Å². The van der Waals surface area contributed by atoms with Gasteiger partial charge in [-0.25, -0.2) is 0 Å². The first-order chi connectivity index (χ1) is 8.72. The molecule has 5 heteroatoms. The van der Waals surface area contributed by atoms with Gasteiger partial charge in [-0.15, -0.1) is 0 Å². The van der Waals surface area contributed by atoms with E-state index in [0.29, 0.717) is 13.1 Å². The van der Waals surface area contributed by atoms with E-state index in [4.69, 9.17) is 9.47 Å². The number of ether oxygens (including phenoxy) is 2. The Morgan fingerprint density at radius 1 is 1.44 bits per heavy atom. The third-order valence-electron chi connectivity index (χ3n) is 2.97. The second-order valence-electron chi connectivity index (χ2n) is 4.16. The zero-order chi connectivity index (χ0) is 13.0. The first kappa shape index (κ1) is 12.7. The van der Waals surface area contributed by atoms with Crippen LogP contribution in [0, 0.1) is 0 Å². The van der Waals surface area contributed by atoms with Gasteiger partial charge in [-0.1, -0.05) is 12.1 Å². The largest absolute Gasteiger partial charge is 0.454 e. The molecule has 1 aliphatic rings. The molecule has 98 valence electrons. The average molecular weight is 250 g/mol. The van der Waals surface area contributed by atoms with E-state index in [2.05, 4.69) is 5.32 Å². The van der Waals surface area contributed by atoms with Crippen molar-refractivity contribution in [2.24, 2.45) is 0 Å². The van der Waals surface area contributed by atoms with Crippen LogP contribution >= 0.6 is 0 Å². The summed E-state index contributed by atoms with van der Waals surface area (Å²) in [7, 11) is 1.79. The van der Waals surface area contributed by atoms with E-state index in [0.717, 1.165) is 23.6 Å². The molecule has 1 aromatic carbocycles. The minimum Gasteiger partial charge on any atom is -0.454 e. The number of para-hydroxylation sites is 1. The number of benzene rings is 1. The van der Waals surface area contributed by atoms with Crippen molar-refractivity contribution in [1.82, 2.24) is 10.2 Å². The van der Waals surface area contributed by atoms with Gasteiger partial charge in [0.25, 0.3) is 0 Å². The van der Waals surface area contributed by atoms with Crippen molar-refractivity contribution in [3.63, 3.8) is 0 Å². The lowest BCUT2D eigenvalue weighted by atomic mass is 10.2. The molecule has 0 spiro atoms. The molecule has 1 amide bonds. The van der Waals surface area contributed by atoms with Gasteiger partial charge in [0.05, 0.1) is 6.54 Å². The van der Waals surface area contributed by atoms with Gasteiger partial charge in [0, 0.05) is 25.7 Å². The monoisotopic (exact) mass is 250 g/mol. The summed E-state index contributed by atoms with van der Waals surface area (Å²) in [5.41, 5.74) is 1.01.